The van der Waals surface area contributed by atoms with Gasteiger partial charge in [0.2, 0.25) is 5.91 Å². The van der Waals surface area contributed by atoms with Crippen LogP contribution in [-0.4, -0.2) is 28.9 Å². The second-order valence-electron chi connectivity index (χ2n) is 6.93. The SMILES string of the molecule is CCCCN(CC)C(=O)Cc1sc(Cc2cccc3ccccc23)nc1C. The van der Waals surface area contributed by atoms with Gasteiger partial charge in [0.25, 0.3) is 0 Å². The summed E-state index contributed by atoms with van der Waals surface area (Å²) in [4.78, 5) is 20.5. The first kappa shape index (κ1) is 19.6. The van der Waals surface area contributed by atoms with E-state index in [9.17, 15) is 4.79 Å². The molecule has 4 heteroatoms. The van der Waals surface area contributed by atoms with Crippen molar-refractivity contribution in [2.75, 3.05) is 13.1 Å². The summed E-state index contributed by atoms with van der Waals surface area (Å²) in [5.41, 5.74) is 2.29. The van der Waals surface area contributed by atoms with Crippen molar-refractivity contribution in [2.45, 2.75) is 46.5 Å². The number of nitrogens with zero attached hydrogens (tertiary/aromatic N) is 2. The average Bonchev–Trinajstić information content (AvgIpc) is 3.01. The molecule has 27 heavy (non-hydrogen) atoms. The van der Waals surface area contributed by atoms with Gasteiger partial charge in [-0.3, -0.25) is 4.79 Å². The number of fused-ring (bicyclic) bond motifs is 1. The number of amides is 1. The Morgan fingerprint density at radius 3 is 2.67 bits per heavy atom. The molecule has 0 aliphatic rings. The molecule has 0 N–H and O–H groups in total. The summed E-state index contributed by atoms with van der Waals surface area (Å²) in [5.74, 6) is 0.217. The number of thiazole rings is 1. The predicted octanol–water partition coefficient (Wildman–Crippen LogP) is 5.39. The molecular formula is C23H28N2OS. The fraction of sp³-hybridized carbons (Fsp3) is 0.391. The summed E-state index contributed by atoms with van der Waals surface area (Å²) in [7, 11) is 0. The standard InChI is InChI=1S/C23H28N2OS/c1-4-6-14-25(5-2)23(26)16-21-17(3)24-22(27-21)15-19-12-9-11-18-10-7-8-13-20(18)19/h7-13H,4-6,14-16H2,1-3H3. The van der Waals surface area contributed by atoms with Crippen LogP contribution in [0.25, 0.3) is 10.8 Å². The Morgan fingerprint density at radius 1 is 1.11 bits per heavy atom. The number of hydrogen-bond donors (Lipinski definition) is 0. The van der Waals surface area contributed by atoms with Crippen LogP contribution in [0.15, 0.2) is 42.5 Å². The highest BCUT2D eigenvalue weighted by Gasteiger charge is 2.16. The van der Waals surface area contributed by atoms with Crippen molar-refractivity contribution in [3.63, 3.8) is 0 Å². The highest BCUT2D eigenvalue weighted by Crippen LogP contribution is 2.25. The lowest BCUT2D eigenvalue weighted by atomic mass is 10.0. The molecule has 2 aromatic carbocycles. The minimum Gasteiger partial charge on any atom is -0.343 e. The zero-order chi connectivity index (χ0) is 19.2. The normalized spacial score (nSPS) is 11.1. The Morgan fingerprint density at radius 2 is 1.89 bits per heavy atom. The van der Waals surface area contributed by atoms with Gasteiger partial charge < -0.3 is 4.90 Å². The van der Waals surface area contributed by atoms with Gasteiger partial charge in [0.05, 0.1) is 17.1 Å². The number of benzene rings is 2. The summed E-state index contributed by atoms with van der Waals surface area (Å²) < 4.78 is 0. The Kier molecular flexibility index (Phi) is 6.62. The molecule has 0 atom stereocenters. The van der Waals surface area contributed by atoms with E-state index in [4.69, 9.17) is 4.98 Å². The number of unbranched alkanes of at least 4 members (excludes halogenated alkanes) is 1. The molecule has 0 saturated heterocycles. The minimum absolute atomic E-state index is 0.217. The van der Waals surface area contributed by atoms with Crippen molar-refractivity contribution in [3.8, 4) is 0 Å². The third-order valence-electron chi connectivity index (χ3n) is 4.99. The molecule has 1 amide bonds. The number of aromatic nitrogens is 1. The number of likely N-dealkylation sites (N-methyl/N-ethyl adjacent to an activating group) is 1. The molecule has 1 aromatic heterocycles. The highest BCUT2D eigenvalue weighted by atomic mass is 32.1. The monoisotopic (exact) mass is 380 g/mol. The van der Waals surface area contributed by atoms with E-state index >= 15 is 0 Å². The van der Waals surface area contributed by atoms with E-state index < -0.39 is 0 Å². The van der Waals surface area contributed by atoms with Gasteiger partial charge in [-0.2, -0.15) is 0 Å². The molecular weight excluding hydrogens is 352 g/mol. The van der Waals surface area contributed by atoms with E-state index in [0.717, 1.165) is 47.9 Å². The molecule has 142 valence electrons. The van der Waals surface area contributed by atoms with Gasteiger partial charge in [-0.15, -0.1) is 11.3 Å². The summed E-state index contributed by atoms with van der Waals surface area (Å²) >= 11 is 1.68. The molecule has 0 saturated carbocycles. The molecule has 0 aliphatic heterocycles. The van der Waals surface area contributed by atoms with Crippen LogP contribution in [0.3, 0.4) is 0 Å². The van der Waals surface area contributed by atoms with E-state index in [2.05, 4.69) is 56.3 Å². The van der Waals surface area contributed by atoms with Gasteiger partial charge in [-0.1, -0.05) is 55.8 Å². The lowest BCUT2D eigenvalue weighted by Crippen LogP contribution is -2.32. The van der Waals surface area contributed by atoms with Gasteiger partial charge in [0.1, 0.15) is 0 Å². The molecule has 0 aliphatic carbocycles. The second kappa shape index (κ2) is 9.14. The van der Waals surface area contributed by atoms with E-state index in [-0.39, 0.29) is 5.91 Å². The third kappa shape index (κ3) is 4.75. The lowest BCUT2D eigenvalue weighted by molar-refractivity contribution is -0.130. The van der Waals surface area contributed by atoms with Gasteiger partial charge >= 0.3 is 0 Å². The first-order chi connectivity index (χ1) is 13.1. The van der Waals surface area contributed by atoms with Crippen LogP contribution in [0, 0.1) is 6.92 Å². The minimum atomic E-state index is 0.217. The van der Waals surface area contributed by atoms with Gasteiger partial charge in [0.15, 0.2) is 0 Å². The van der Waals surface area contributed by atoms with Crippen LogP contribution < -0.4 is 0 Å². The van der Waals surface area contributed by atoms with Crippen molar-refractivity contribution in [1.82, 2.24) is 9.88 Å². The molecule has 3 aromatic rings. The Bertz CT molecular complexity index is 910. The third-order valence-corrected chi connectivity index (χ3v) is 6.14. The van der Waals surface area contributed by atoms with E-state index in [0.29, 0.717) is 6.42 Å². The molecule has 0 bridgehead atoms. The van der Waals surface area contributed by atoms with Gasteiger partial charge in [-0.25, -0.2) is 4.98 Å². The van der Waals surface area contributed by atoms with Crippen LogP contribution in [0.5, 0.6) is 0 Å². The van der Waals surface area contributed by atoms with Crippen molar-refractivity contribution < 1.29 is 4.79 Å². The Balaban J connectivity index is 1.75. The largest absolute Gasteiger partial charge is 0.343 e. The molecule has 3 rings (SSSR count). The van der Waals surface area contributed by atoms with E-state index in [1.165, 1.54) is 16.3 Å². The van der Waals surface area contributed by atoms with Crippen LogP contribution >= 0.6 is 11.3 Å². The Labute approximate surface area is 166 Å². The predicted molar refractivity (Wildman–Crippen MR) is 114 cm³/mol. The van der Waals surface area contributed by atoms with Crippen molar-refractivity contribution in [3.05, 3.63) is 63.6 Å². The summed E-state index contributed by atoms with van der Waals surface area (Å²) in [6.45, 7) is 7.87. The van der Waals surface area contributed by atoms with Crippen LogP contribution in [0.4, 0.5) is 0 Å². The highest BCUT2D eigenvalue weighted by molar-refractivity contribution is 7.11. The number of carbonyl (C=O) groups excluding carboxylic acids is 1. The molecule has 0 fully saturated rings. The second-order valence-corrected chi connectivity index (χ2v) is 8.10. The summed E-state index contributed by atoms with van der Waals surface area (Å²) in [6.07, 6.45) is 3.46. The molecule has 1 heterocycles. The fourth-order valence-corrected chi connectivity index (χ4v) is 4.48. The van der Waals surface area contributed by atoms with Crippen molar-refractivity contribution >= 4 is 28.0 Å². The lowest BCUT2D eigenvalue weighted by Gasteiger charge is -2.20. The first-order valence-electron chi connectivity index (χ1n) is 9.82. The molecule has 0 unspecified atom stereocenters. The molecule has 3 nitrogen and oxygen atoms in total. The maximum Gasteiger partial charge on any atom is 0.227 e. The maximum atomic E-state index is 12.6. The van der Waals surface area contributed by atoms with E-state index in [1.807, 2.05) is 11.8 Å². The number of aryl methyl sites for hydroxylation is 1. The molecule has 0 spiro atoms. The molecule has 0 radical (unpaired) electrons. The number of rotatable bonds is 8. The quantitative estimate of drug-likeness (QED) is 0.525. The van der Waals surface area contributed by atoms with Crippen molar-refractivity contribution in [2.24, 2.45) is 0 Å². The number of carbonyl (C=O) groups is 1. The summed E-state index contributed by atoms with van der Waals surface area (Å²) in [5, 5.41) is 3.62. The Hall–Kier alpha value is -2.20. The van der Waals surface area contributed by atoms with Crippen LogP contribution in [0.1, 0.15) is 47.8 Å². The van der Waals surface area contributed by atoms with Gasteiger partial charge in [0, 0.05) is 24.4 Å². The average molecular weight is 381 g/mol. The van der Waals surface area contributed by atoms with Crippen LogP contribution in [-0.2, 0) is 17.6 Å². The first-order valence-corrected chi connectivity index (χ1v) is 10.6. The topological polar surface area (TPSA) is 33.2 Å². The number of hydrogen-bond acceptors (Lipinski definition) is 3. The van der Waals surface area contributed by atoms with Crippen molar-refractivity contribution in [1.29, 1.82) is 0 Å². The maximum absolute atomic E-state index is 12.6. The summed E-state index contributed by atoms with van der Waals surface area (Å²) in [6, 6.07) is 14.9. The fourth-order valence-electron chi connectivity index (χ4n) is 3.39. The zero-order valence-electron chi connectivity index (χ0n) is 16.5. The van der Waals surface area contributed by atoms with E-state index in [1.54, 1.807) is 11.3 Å². The smallest absolute Gasteiger partial charge is 0.227 e. The van der Waals surface area contributed by atoms with Gasteiger partial charge in [-0.05, 0) is 36.6 Å². The zero-order valence-corrected chi connectivity index (χ0v) is 17.3. The van der Waals surface area contributed by atoms with Crippen LogP contribution in [0.2, 0.25) is 0 Å².